The number of hydrogen-bond donors (Lipinski definition) is 0. The molecule has 2 heterocycles. The predicted molar refractivity (Wildman–Crippen MR) is 102 cm³/mol. The van der Waals surface area contributed by atoms with E-state index in [2.05, 4.69) is 32.6 Å². The zero-order valence-corrected chi connectivity index (χ0v) is 16.8. The zero-order chi connectivity index (χ0) is 18.2. The standard InChI is InChI=1S/2C11H9N2.Ru/c2*1-9-7-11(13-8-12-9)10-5-3-2-4-6-10;/h2*2-7H,1H3;/q2*-1;+2. The Bertz CT molecular complexity index is 879. The SMILES string of the molecule is Cc1cc(-c2ccccc2)n[c-]n1.Cc1cc(-c2ccccc2)n[c-]n1.[Ru+2]. The Balaban J connectivity index is 0.000000187. The summed E-state index contributed by atoms with van der Waals surface area (Å²) in [4.78, 5) is 16.0. The maximum atomic E-state index is 4.07. The average Bonchev–Trinajstić information content (AvgIpc) is 2.70. The Morgan fingerprint density at radius 3 is 1.26 bits per heavy atom. The van der Waals surface area contributed by atoms with Gasteiger partial charge in [0, 0.05) is 12.7 Å². The maximum absolute atomic E-state index is 4.07. The van der Waals surface area contributed by atoms with Gasteiger partial charge in [-0.25, -0.2) is 0 Å². The van der Waals surface area contributed by atoms with E-state index in [0.717, 1.165) is 33.9 Å². The fourth-order valence-electron chi connectivity index (χ4n) is 2.35. The van der Waals surface area contributed by atoms with Crippen molar-refractivity contribution >= 4 is 0 Å². The Hall–Kier alpha value is -2.78. The summed E-state index contributed by atoms with van der Waals surface area (Å²) in [6.45, 7) is 3.87. The molecule has 5 heteroatoms. The summed E-state index contributed by atoms with van der Waals surface area (Å²) in [5, 5.41) is 0. The van der Waals surface area contributed by atoms with Gasteiger partial charge in [-0.2, -0.15) is 0 Å². The van der Waals surface area contributed by atoms with Crippen molar-refractivity contribution in [1.29, 1.82) is 0 Å². The molecule has 0 saturated carbocycles. The van der Waals surface area contributed by atoms with Gasteiger partial charge in [0.15, 0.2) is 0 Å². The molecular weight excluding hydrogens is 421 g/mol. The first-order valence-corrected chi connectivity index (χ1v) is 8.26. The molecule has 0 amide bonds. The molecule has 0 unspecified atom stereocenters. The normalized spacial score (nSPS) is 9.56. The molecule has 0 fully saturated rings. The van der Waals surface area contributed by atoms with Crippen LogP contribution in [0.25, 0.3) is 22.5 Å². The molecule has 0 saturated heterocycles. The van der Waals surface area contributed by atoms with Gasteiger partial charge in [-0.3, -0.25) is 0 Å². The van der Waals surface area contributed by atoms with Crippen LogP contribution >= 0.6 is 0 Å². The van der Waals surface area contributed by atoms with Gasteiger partial charge in [0.05, 0.1) is 0 Å². The Morgan fingerprint density at radius 1 is 0.556 bits per heavy atom. The van der Waals surface area contributed by atoms with Crippen molar-refractivity contribution in [3.8, 4) is 22.5 Å². The van der Waals surface area contributed by atoms with Crippen LogP contribution in [0.4, 0.5) is 0 Å². The van der Waals surface area contributed by atoms with Gasteiger partial charge in [-0.05, 0) is 11.4 Å². The van der Waals surface area contributed by atoms with Crippen LogP contribution in [0.3, 0.4) is 0 Å². The molecule has 0 spiro atoms. The third kappa shape index (κ3) is 6.16. The summed E-state index contributed by atoms with van der Waals surface area (Å²) < 4.78 is 0. The van der Waals surface area contributed by atoms with Crippen molar-refractivity contribution in [1.82, 2.24) is 19.9 Å². The van der Waals surface area contributed by atoms with E-state index in [1.807, 2.05) is 86.6 Å². The number of aryl methyl sites for hydroxylation is 2. The van der Waals surface area contributed by atoms with E-state index in [1.54, 1.807) is 0 Å². The first kappa shape index (κ1) is 20.5. The van der Waals surface area contributed by atoms with E-state index < -0.39 is 0 Å². The molecule has 134 valence electrons. The average molecular weight is 439 g/mol. The summed E-state index contributed by atoms with van der Waals surface area (Å²) in [5.41, 5.74) is 5.93. The number of benzene rings is 2. The van der Waals surface area contributed by atoms with Crippen LogP contribution in [0.15, 0.2) is 72.8 Å². The molecule has 0 aliphatic rings. The third-order valence-electron chi connectivity index (χ3n) is 3.62. The minimum absolute atomic E-state index is 0. The van der Waals surface area contributed by atoms with E-state index in [1.165, 1.54) is 0 Å². The second-order valence-corrected chi connectivity index (χ2v) is 5.72. The monoisotopic (exact) mass is 440 g/mol. The van der Waals surface area contributed by atoms with Crippen molar-refractivity contribution in [3.63, 3.8) is 0 Å². The van der Waals surface area contributed by atoms with Crippen molar-refractivity contribution < 1.29 is 19.5 Å². The Kier molecular flexibility index (Phi) is 7.90. The summed E-state index contributed by atoms with van der Waals surface area (Å²) in [6.07, 6.45) is 5.26. The molecule has 4 rings (SSSR count). The smallest absolute Gasteiger partial charge is 0.371 e. The molecule has 27 heavy (non-hydrogen) atoms. The molecular formula is C22H18N4Ru. The summed E-state index contributed by atoms with van der Waals surface area (Å²) in [6, 6.07) is 23.9. The Morgan fingerprint density at radius 2 is 0.926 bits per heavy atom. The van der Waals surface area contributed by atoms with Gasteiger partial charge in [-0.15, -0.1) is 12.1 Å². The minimum atomic E-state index is 0. The summed E-state index contributed by atoms with van der Waals surface area (Å²) >= 11 is 0. The molecule has 2 aromatic heterocycles. The van der Waals surface area contributed by atoms with Crippen LogP contribution in [0.5, 0.6) is 0 Å². The van der Waals surface area contributed by atoms with E-state index in [-0.39, 0.29) is 19.5 Å². The molecule has 0 aliphatic carbocycles. The first-order valence-electron chi connectivity index (χ1n) is 8.26. The van der Waals surface area contributed by atoms with E-state index in [9.17, 15) is 0 Å². The van der Waals surface area contributed by atoms with Crippen LogP contribution in [-0.4, -0.2) is 19.9 Å². The van der Waals surface area contributed by atoms with Crippen LogP contribution in [0.1, 0.15) is 11.4 Å². The first-order chi connectivity index (χ1) is 12.7. The minimum Gasteiger partial charge on any atom is -0.371 e. The number of hydrogen-bond acceptors (Lipinski definition) is 4. The number of aromatic nitrogens is 4. The number of rotatable bonds is 2. The van der Waals surface area contributed by atoms with Gasteiger partial charge < -0.3 is 19.9 Å². The molecule has 0 atom stereocenters. The number of nitrogens with zero attached hydrogens (tertiary/aromatic N) is 4. The van der Waals surface area contributed by atoms with Gasteiger partial charge in [0.2, 0.25) is 0 Å². The van der Waals surface area contributed by atoms with Gasteiger partial charge >= 0.3 is 19.5 Å². The molecule has 0 bridgehead atoms. The maximum Gasteiger partial charge on any atom is 2.00 e. The van der Waals surface area contributed by atoms with Crippen LogP contribution < -0.4 is 0 Å². The van der Waals surface area contributed by atoms with Crippen molar-refractivity contribution in [2.45, 2.75) is 13.8 Å². The summed E-state index contributed by atoms with van der Waals surface area (Å²) in [7, 11) is 0. The molecule has 4 aromatic rings. The van der Waals surface area contributed by atoms with E-state index >= 15 is 0 Å². The molecule has 4 nitrogen and oxygen atoms in total. The molecule has 0 N–H and O–H groups in total. The Labute approximate surface area is 172 Å². The largest absolute Gasteiger partial charge is 2.00 e. The van der Waals surface area contributed by atoms with Gasteiger partial charge in [0.1, 0.15) is 0 Å². The van der Waals surface area contributed by atoms with Crippen LogP contribution in [-0.2, 0) is 19.5 Å². The summed E-state index contributed by atoms with van der Waals surface area (Å²) in [5.74, 6) is 0. The van der Waals surface area contributed by atoms with Crippen molar-refractivity contribution in [2.75, 3.05) is 0 Å². The van der Waals surface area contributed by atoms with E-state index in [4.69, 9.17) is 0 Å². The molecule has 2 aromatic carbocycles. The fraction of sp³-hybridized carbons (Fsp3) is 0.0909. The fourth-order valence-corrected chi connectivity index (χ4v) is 2.35. The predicted octanol–water partition coefficient (Wildman–Crippen LogP) is 4.50. The van der Waals surface area contributed by atoms with E-state index in [0.29, 0.717) is 0 Å². The van der Waals surface area contributed by atoms with Crippen molar-refractivity contribution in [3.05, 3.63) is 96.8 Å². The van der Waals surface area contributed by atoms with Gasteiger partial charge in [-0.1, -0.05) is 97.0 Å². The quantitative estimate of drug-likeness (QED) is 0.341. The van der Waals surface area contributed by atoms with Crippen LogP contribution in [0.2, 0.25) is 0 Å². The molecule has 0 aliphatic heterocycles. The second kappa shape index (κ2) is 10.4. The van der Waals surface area contributed by atoms with Crippen molar-refractivity contribution in [2.24, 2.45) is 0 Å². The topological polar surface area (TPSA) is 51.6 Å². The van der Waals surface area contributed by atoms with Crippen LogP contribution in [0, 0.1) is 26.5 Å². The van der Waals surface area contributed by atoms with Gasteiger partial charge in [0.25, 0.3) is 0 Å². The zero-order valence-electron chi connectivity index (χ0n) is 15.1. The second-order valence-electron chi connectivity index (χ2n) is 5.72. The third-order valence-corrected chi connectivity index (χ3v) is 3.62. The molecule has 0 radical (unpaired) electrons.